The van der Waals surface area contributed by atoms with Gasteiger partial charge in [-0.2, -0.15) is 5.10 Å². The number of aryl methyl sites for hydroxylation is 2. The molecule has 0 aliphatic carbocycles. The first-order valence-electron chi connectivity index (χ1n) is 8.82. The molecule has 3 aromatic rings. The smallest absolute Gasteiger partial charge is 0.289 e. The number of nitro benzene ring substituents is 1. The molecule has 1 heterocycles. The Labute approximate surface area is 172 Å². The van der Waals surface area contributed by atoms with Crippen molar-refractivity contribution in [1.29, 1.82) is 0 Å². The molecular formula is C21H19ClN4O3. The standard InChI is InChI=1S/C21H19ClN4O3/c1-13-6-4-5-7-18(13)21(27)24-23-12-16-10-14(2)25(15(16)3)17-8-9-19(22)20(11-17)26(28)29/h4-12H,1-3H3,(H,24,27)/b23-12-. The highest BCUT2D eigenvalue weighted by Gasteiger charge is 2.16. The number of amides is 1. The Morgan fingerprint density at radius 3 is 2.59 bits per heavy atom. The summed E-state index contributed by atoms with van der Waals surface area (Å²) in [6.45, 7) is 5.62. The predicted molar refractivity (Wildman–Crippen MR) is 113 cm³/mol. The molecule has 1 amide bonds. The fourth-order valence-corrected chi connectivity index (χ4v) is 3.33. The van der Waals surface area contributed by atoms with Crippen LogP contribution >= 0.6 is 11.6 Å². The van der Waals surface area contributed by atoms with Crippen LogP contribution in [0.5, 0.6) is 0 Å². The molecule has 0 saturated carbocycles. The second kappa shape index (κ2) is 8.28. The molecule has 1 N–H and O–H groups in total. The molecule has 0 aliphatic rings. The van der Waals surface area contributed by atoms with Crippen LogP contribution in [0.2, 0.25) is 5.02 Å². The third-order valence-electron chi connectivity index (χ3n) is 4.61. The molecular weight excluding hydrogens is 392 g/mol. The lowest BCUT2D eigenvalue weighted by Gasteiger charge is -2.10. The number of hydrogen-bond acceptors (Lipinski definition) is 4. The zero-order chi connectivity index (χ0) is 21.1. The SMILES string of the molecule is Cc1ccccc1C(=O)N/N=C\c1cc(C)n(-c2ccc(Cl)c([N+](=O)[O-])c2)c1C. The van der Waals surface area contributed by atoms with Gasteiger partial charge in [-0.3, -0.25) is 14.9 Å². The first kappa shape index (κ1) is 20.3. The molecule has 1 aromatic heterocycles. The van der Waals surface area contributed by atoms with Gasteiger partial charge in [-0.25, -0.2) is 5.43 Å². The van der Waals surface area contributed by atoms with E-state index in [0.29, 0.717) is 11.3 Å². The van der Waals surface area contributed by atoms with Gasteiger partial charge < -0.3 is 4.57 Å². The van der Waals surface area contributed by atoms with Crippen molar-refractivity contribution < 1.29 is 9.72 Å². The molecule has 0 radical (unpaired) electrons. The second-order valence-corrected chi connectivity index (χ2v) is 6.98. The Morgan fingerprint density at radius 2 is 1.90 bits per heavy atom. The fourth-order valence-electron chi connectivity index (χ4n) is 3.14. The van der Waals surface area contributed by atoms with E-state index in [0.717, 1.165) is 22.5 Å². The van der Waals surface area contributed by atoms with Crippen LogP contribution in [-0.2, 0) is 0 Å². The van der Waals surface area contributed by atoms with Crippen LogP contribution in [0.4, 0.5) is 5.69 Å². The van der Waals surface area contributed by atoms with E-state index in [1.54, 1.807) is 24.4 Å². The Morgan fingerprint density at radius 1 is 1.17 bits per heavy atom. The average Bonchev–Trinajstić information content (AvgIpc) is 2.96. The van der Waals surface area contributed by atoms with Crippen LogP contribution in [0.1, 0.15) is 32.9 Å². The monoisotopic (exact) mass is 410 g/mol. The van der Waals surface area contributed by atoms with E-state index < -0.39 is 4.92 Å². The zero-order valence-corrected chi connectivity index (χ0v) is 16.9. The third kappa shape index (κ3) is 4.20. The van der Waals surface area contributed by atoms with Crippen LogP contribution in [0.3, 0.4) is 0 Å². The number of benzene rings is 2. The number of halogens is 1. The van der Waals surface area contributed by atoms with Gasteiger partial charge in [0, 0.05) is 28.6 Å². The minimum Gasteiger partial charge on any atom is -0.318 e. The highest BCUT2D eigenvalue weighted by atomic mass is 35.5. The summed E-state index contributed by atoms with van der Waals surface area (Å²) >= 11 is 5.91. The molecule has 29 heavy (non-hydrogen) atoms. The molecule has 0 atom stereocenters. The zero-order valence-electron chi connectivity index (χ0n) is 16.1. The van der Waals surface area contributed by atoms with Gasteiger partial charge in [-0.1, -0.05) is 29.8 Å². The Balaban J connectivity index is 1.86. The number of hydrazone groups is 1. The van der Waals surface area contributed by atoms with E-state index in [2.05, 4.69) is 10.5 Å². The van der Waals surface area contributed by atoms with Gasteiger partial charge in [0.2, 0.25) is 0 Å². The van der Waals surface area contributed by atoms with Crippen molar-refractivity contribution in [2.45, 2.75) is 20.8 Å². The third-order valence-corrected chi connectivity index (χ3v) is 4.93. The lowest BCUT2D eigenvalue weighted by Crippen LogP contribution is -2.18. The number of aromatic nitrogens is 1. The van der Waals surface area contributed by atoms with E-state index in [9.17, 15) is 14.9 Å². The van der Waals surface area contributed by atoms with E-state index in [1.165, 1.54) is 12.1 Å². The Kier molecular flexibility index (Phi) is 5.79. The molecule has 0 fully saturated rings. The summed E-state index contributed by atoms with van der Waals surface area (Å²) in [5, 5.41) is 15.3. The molecule has 7 nitrogen and oxygen atoms in total. The summed E-state index contributed by atoms with van der Waals surface area (Å²) in [6.07, 6.45) is 1.55. The van der Waals surface area contributed by atoms with Crippen molar-refractivity contribution >= 4 is 29.4 Å². The Bertz CT molecular complexity index is 1130. The van der Waals surface area contributed by atoms with Crippen LogP contribution in [0, 0.1) is 30.9 Å². The highest BCUT2D eigenvalue weighted by Crippen LogP contribution is 2.29. The minimum atomic E-state index is -0.510. The summed E-state index contributed by atoms with van der Waals surface area (Å²) in [7, 11) is 0. The summed E-state index contributed by atoms with van der Waals surface area (Å²) in [5.74, 6) is -0.290. The highest BCUT2D eigenvalue weighted by molar-refractivity contribution is 6.32. The predicted octanol–water partition coefficient (Wildman–Crippen LogP) is 4.73. The van der Waals surface area contributed by atoms with Crippen LogP contribution in [0.25, 0.3) is 5.69 Å². The van der Waals surface area contributed by atoms with Gasteiger partial charge >= 0.3 is 0 Å². The number of carbonyl (C=O) groups is 1. The molecule has 0 saturated heterocycles. The van der Waals surface area contributed by atoms with E-state index in [-0.39, 0.29) is 16.6 Å². The van der Waals surface area contributed by atoms with Crippen molar-refractivity contribution in [3.63, 3.8) is 0 Å². The van der Waals surface area contributed by atoms with Gasteiger partial charge in [0.1, 0.15) is 5.02 Å². The number of nitro groups is 1. The lowest BCUT2D eigenvalue weighted by molar-refractivity contribution is -0.384. The maximum Gasteiger partial charge on any atom is 0.289 e. The second-order valence-electron chi connectivity index (χ2n) is 6.57. The van der Waals surface area contributed by atoms with Gasteiger partial charge in [0.25, 0.3) is 11.6 Å². The van der Waals surface area contributed by atoms with Gasteiger partial charge in [0.15, 0.2) is 0 Å². The summed E-state index contributed by atoms with van der Waals surface area (Å²) in [4.78, 5) is 22.9. The summed E-state index contributed by atoms with van der Waals surface area (Å²) in [5.41, 5.74) is 6.90. The molecule has 8 heteroatoms. The number of rotatable bonds is 5. The minimum absolute atomic E-state index is 0.0851. The molecule has 3 rings (SSSR count). The van der Waals surface area contributed by atoms with Crippen molar-refractivity contribution in [3.05, 3.63) is 91.7 Å². The summed E-state index contributed by atoms with van der Waals surface area (Å²) < 4.78 is 1.87. The maximum absolute atomic E-state index is 12.3. The van der Waals surface area contributed by atoms with E-state index in [4.69, 9.17) is 11.6 Å². The van der Waals surface area contributed by atoms with E-state index >= 15 is 0 Å². The first-order chi connectivity index (χ1) is 13.8. The number of nitrogens with zero attached hydrogens (tertiary/aromatic N) is 3. The number of nitrogens with one attached hydrogen (secondary N) is 1. The summed E-state index contributed by atoms with van der Waals surface area (Å²) in [6, 6.07) is 13.8. The molecule has 0 bridgehead atoms. The Hall–Kier alpha value is -3.45. The molecule has 2 aromatic carbocycles. The van der Waals surface area contributed by atoms with Crippen LogP contribution in [-0.4, -0.2) is 21.6 Å². The quantitative estimate of drug-likeness (QED) is 0.374. The number of carbonyl (C=O) groups excluding carboxylic acids is 1. The molecule has 0 spiro atoms. The molecule has 0 unspecified atom stereocenters. The largest absolute Gasteiger partial charge is 0.318 e. The average molecular weight is 411 g/mol. The van der Waals surface area contributed by atoms with Gasteiger partial charge in [-0.15, -0.1) is 0 Å². The molecule has 0 aliphatic heterocycles. The van der Waals surface area contributed by atoms with Crippen molar-refractivity contribution in [3.8, 4) is 5.69 Å². The maximum atomic E-state index is 12.3. The van der Waals surface area contributed by atoms with Crippen LogP contribution < -0.4 is 5.43 Å². The fraction of sp³-hybridized carbons (Fsp3) is 0.143. The van der Waals surface area contributed by atoms with E-state index in [1.807, 2.05) is 43.5 Å². The van der Waals surface area contributed by atoms with Crippen molar-refractivity contribution in [1.82, 2.24) is 9.99 Å². The normalized spacial score (nSPS) is 11.0. The van der Waals surface area contributed by atoms with Crippen molar-refractivity contribution in [2.24, 2.45) is 5.10 Å². The van der Waals surface area contributed by atoms with Crippen LogP contribution in [0.15, 0.2) is 53.6 Å². The topological polar surface area (TPSA) is 89.5 Å². The lowest BCUT2D eigenvalue weighted by atomic mass is 10.1. The first-order valence-corrected chi connectivity index (χ1v) is 9.19. The number of hydrogen-bond donors (Lipinski definition) is 1. The van der Waals surface area contributed by atoms with Gasteiger partial charge in [-0.05, 0) is 50.6 Å². The van der Waals surface area contributed by atoms with Crippen molar-refractivity contribution in [2.75, 3.05) is 0 Å². The molecule has 148 valence electrons. The van der Waals surface area contributed by atoms with Gasteiger partial charge in [0.05, 0.1) is 16.8 Å².